The third-order valence-corrected chi connectivity index (χ3v) is 5.03. The van der Waals surface area contributed by atoms with E-state index in [2.05, 4.69) is 5.32 Å². The molecule has 32 heavy (non-hydrogen) atoms. The highest BCUT2D eigenvalue weighted by Crippen LogP contribution is 2.28. The summed E-state index contributed by atoms with van der Waals surface area (Å²) in [7, 11) is 0. The van der Waals surface area contributed by atoms with Gasteiger partial charge >= 0.3 is 5.97 Å². The first kappa shape index (κ1) is 25.3. The number of benzene rings is 1. The molecule has 9 heteroatoms. The molecule has 1 heterocycles. The molecule has 1 aromatic carbocycles. The number of carbonyl (C=O) groups is 3. The van der Waals surface area contributed by atoms with E-state index in [1.165, 1.54) is 31.2 Å². The van der Waals surface area contributed by atoms with Gasteiger partial charge in [0.15, 0.2) is 5.78 Å². The van der Waals surface area contributed by atoms with E-state index in [1.54, 1.807) is 19.9 Å². The number of cyclic esters (lactones) is 1. The highest BCUT2D eigenvalue weighted by Gasteiger charge is 2.25. The fraction of sp³-hybridized carbons (Fsp3) is 0.435. The maximum absolute atomic E-state index is 12.8. The summed E-state index contributed by atoms with van der Waals surface area (Å²) in [6.45, 7) is 4.76. The van der Waals surface area contributed by atoms with Crippen molar-refractivity contribution in [2.75, 3.05) is 6.73 Å². The van der Waals surface area contributed by atoms with Crippen LogP contribution in [-0.4, -0.2) is 58.0 Å². The third kappa shape index (κ3) is 7.01. The molecule has 1 aliphatic rings. The van der Waals surface area contributed by atoms with Crippen LogP contribution in [0.1, 0.15) is 48.7 Å². The molecule has 0 saturated heterocycles. The Hall–Kier alpha value is -3.01. The second-order valence-corrected chi connectivity index (χ2v) is 7.69. The number of carbonyl (C=O) groups excluding carboxylic acids is 3. The molecule has 0 unspecified atom stereocenters. The largest absolute Gasteiger partial charge is 0.507 e. The standard InChI is InChI=1S/C23H29NO8/c1-13-7-8-19(27)22(29)18(26)6-4-5-17-9-16(11-31-12-24-15(3)25)10-20(28)21(17)23(30)32-14(13)2/h4-5,7-10,13-14,18,22,26,28-29H,6,11-12H2,1-3H3,(H,24,25)/b5-4+,8-7-/t13-,14-,18-,22-/m0/s1. The minimum atomic E-state index is -1.59. The number of hydrogen-bond donors (Lipinski definition) is 4. The number of aliphatic hydroxyl groups excluding tert-OH is 2. The Balaban J connectivity index is 2.38. The zero-order valence-corrected chi connectivity index (χ0v) is 18.3. The van der Waals surface area contributed by atoms with Crippen LogP contribution < -0.4 is 5.32 Å². The van der Waals surface area contributed by atoms with Crippen molar-refractivity contribution in [2.24, 2.45) is 5.92 Å². The van der Waals surface area contributed by atoms with Crippen molar-refractivity contribution in [1.82, 2.24) is 5.32 Å². The van der Waals surface area contributed by atoms with Gasteiger partial charge in [-0.3, -0.25) is 9.59 Å². The highest BCUT2D eigenvalue weighted by molar-refractivity contribution is 5.97. The molecular weight excluding hydrogens is 418 g/mol. The van der Waals surface area contributed by atoms with Gasteiger partial charge in [-0.1, -0.05) is 25.2 Å². The SMILES string of the molecule is CC(=O)NCOCc1cc(O)c2c(c1)/C=C/C[C@H](O)[C@H](O)C(=O)/C=C\[C@H](C)[C@H](C)OC2=O. The summed E-state index contributed by atoms with van der Waals surface area (Å²) in [5.74, 6) is -2.32. The molecule has 4 atom stereocenters. The molecule has 174 valence electrons. The fourth-order valence-electron chi connectivity index (χ4n) is 2.96. The number of fused-ring (bicyclic) bond motifs is 1. The number of aliphatic hydroxyl groups is 2. The summed E-state index contributed by atoms with van der Waals surface area (Å²) >= 11 is 0. The molecule has 2 rings (SSSR count). The van der Waals surface area contributed by atoms with Gasteiger partial charge in [-0.15, -0.1) is 0 Å². The lowest BCUT2D eigenvalue weighted by atomic mass is 9.98. The number of phenols is 1. The van der Waals surface area contributed by atoms with Gasteiger partial charge in [0.25, 0.3) is 0 Å². The summed E-state index contributed by atoms with van der Waals surface area (Å²) in [6, 6.07) is 2.98. The van der Waals surface area contributed by atoms with E-state index in [4.69, 9.17) is 9.47 Å². The quantitative estimate of drug-likeness (QED) is 0.309. The van der Waals surface area contributed by atoms with Gasteiger partial charge in [-0.2, -0.15) is 0 Å². The van der Waals surface area contributed by atoms with Gasteiger partial charge in [0, 0.05) is 12.8 Å². The van der Waals surface area contributed by atoms with Crippen molar-refractivity contribution in [3.63, 3.8) is 0 Å². The van der Waals surface area contributed by atoms with Crippen molar-refractivity contribution in [3.05, 3.63) is 47.1 Å². The number of nitrogens with one attached hydrogen (secondary N) is 1. The molecule has 0 saturated carbocycles. The van der Waals surface area contributed by atoms with Crippen LogP contribution in [0.25, 0.3) is 6.08 Å². The number of ketones is 1. The van der Waals surface area contributed by atoms with E-state index in [-0.39, 0.29) is 42.9 Å². The van der Waals surface area contributed by atoms with Crippen LogP contribution in [0.4, 0.5) is 0 Å². The van der Waals surface area contributed by atoms with E-state index < -0.39 is 30.1 Å². The third-order valence-electron chi connectivity index (χ3n) is 5.03. The summed E-state index contributed by atoms with van der Waals surface area (Å²) < 4.78 is 10.8. The second kappa shape index (κ2) is 11.6. The van der Waals surface area contributed by atoms with Gasteiger partial charge in [-0.05, 0) is 42.7 Å². The zero-order valence-electron chi connectivity index (χ0n) is 18.3. The predicted molar refractivity (Wildman–Crippen MR) is 115 cm³/mol. The lowest BCUT2D eigenvalue weighted by Gasteiger charge is -2.20. The predicted octanol–water partition coefficient (Wildman–Crippen LogP) is 1.45. The minimum Gasteiger partial charge on any atom is -0.507 e. The average Bonchev–Trinajstić information content (AvgIpc) is 2.72. The van der Waals surface area contributed by atoms with Crippen LogP contribution in [-0.2, 0) is 25.7 Å². The number of ether oxygens (including phenoxy) is 2. The lowest BCUT2D eigenvalue weighted by Crippen LogP contribution is -2.32. The molecule has 4 N–H and O–H groups in total. The summed E-state index contributed by atoms with van der Waals surface area (Å²) in [4.78, 5) is 35.8. The fourth-order valence-corrected chi connectivity index (χ4v) is 2.96. The van der Waals surface area contributed by atoms with Gasteiger partial charge in [-0.25, -0.2) is 4.79 Å². The molecule has 9 nitrogen and oxygen atoms in total. The van der Waals surface area contributed by atoms with Gasteiger partial charge < -0.3 is 30.1 Å². The van der Waals surface area contributed by atoms with E-state index in [9.17, 15) is 29.7 Å². The molecule has 0 aromatic heterocycles. The Morgan fingerprint density at radius 3 is 2.62 bits per heavy atom. The van der Waals surface area contributed by atoms with Crippen LogP contribution >= 0.6 is 0 Å². The number of hydrogen-bond acceptors (Lipinski definition) is 8. The number of rotatable bonds is 4. The average molecular weight is 447 g/mol. The smallest absolute Gasteiger partial charge is 0.342 e. The van der Waals surface area contributed by atoms with E-state index in [1.807, 2.05) is 0 Å². The first-order chi connectivity index (χ1) is 15.1. The monoisotopic (exact) mass is 447 g/mol. The Morgan fingerprint density at radius 1 is 1.22 bits per heavy atom. The van der Waals surface area contributed by atoms with Crippen LogP contribution in [0.15, 0.2) is 30.4 Å². The lowest BCUT2D eigenvalue weighted by molar-refractivity contribution is -0.127. The topological polar surface area (TPSA) is 142 Å². The first-order valence-electron chi connectivity index (χ1n) is 10.2. The molecule has 1 amide bonds. The van der Waals surface area contributed by atoms with Crippen molar-refractivity contribution in [2.45, 2.75) is 52.1 Å². The zero-order chi connectivity index (χ0) is 23.8. The second-order valence-electron chi connectivity index (χ2n) is 7.69. The van der Waals surface area contributed by atoms with Crippen molar-refractivity contribution >= 4 is 23.7 Å². The van der Waals surface area contributed by atoms with E-state index in [0.29, 0.717) is 11.1 Å². The van der Waals surface area contributed by atoms with Crippen LogP contribution in [0.2, 0.25) is 0 Å². The van der Waals surface area contributed by atoms with Gasteiger partial charge in [0.2, 0.25) is 5.91 Å². The number of esters is 1. The number of phenolic OH excluding ortho intramolecular Hbond substituents is 1. The molecule has 0 radical (unpaired) electrons. The normalized spacial score (nSPS) is 26.4. The molecule has 0 fully saturated rings. The Labute approximate surface area is 186 Å². The summed E-state index contributed by atoms with van der Waals surface area (Å²) in [6.07, 6.45) is 2.00. The number of aromatic hydroxyl groups is 1. The molecular formula is C23H29NO8. The maximum Gasteiger partial charge on any atom is 0.342 e. The molecule has 1 aliphatic heterocycles. The Kier molecular flexibility index (Phi) is 9.13. The molecule has 0 bridgehead atoms. The minimum absolute atomic E-state index is 0.0217. The van der Waals surface area contributed by atoms with Crippen LogP contribution in [0.5, 0.6) is 5.75 Å². The maximum atomic E-state index is 12.8. The van der Waals surface area contributed by atoms with Gasteiger partial charge in [0.1, 0.15) is 30.3 Å². The van der Waals surface area contributed by atoms with E-state index >= 15 is 0 Å². The van der Waals surface area contributed by atoms with E-state index in [0.717, 1.165) is 6.08 Å². The van der Waals surface area contributed by atoms with Crippen LogP contribution in [0, 0.1) is 5.92 Å². The van der Waals surface area contributed by atoms with Crippen LogP contribution in [0.3, 0.4) is 0 Å². The van der Waals surface area contributed by atoms with Gasteiger partial charge in [0.05, 0.1) is 12.7 Å². The molecule has 0 spiro atoms. The first-order valence-corrected chi connectivity index (χ1v) is 10.2. The molecule has 0 aliphatic carbocycles. The highest BCUT2D eigenvalue weighted by atomic mass is 16.5. The summed E-state index contributed by atoms with van der Waals surface area (Å²) in [5.41, 5.74) is 0.789. The van der Waals surface area contributed by atoms with Crippen molar-refractivity contribution < 1.29 is 39.2 Å². The summed E-state index contributed by atoms with van der Waals surface area (Å²) in [5, 5.41) is 33.2. The number of amides is 1. The van der Waals surface area contributed by atoms with Crippen molar-refractivity contribution in [3.8, 4) is 5.75 Å². The van der Waals surface area contributed by atoms with Crippen molar-refractivity contribution in [1.29, 1.82) is 0 Å². The Morgan fingerprint density at radius 2 is 1.94 bits per heavy atom. The Bertz CT molecular complexity index is 908. The molecule has 1 aromatic rings.